The molecular weight excluding hydrogens is 232 g/mol. The van der Waals surface area contributed by atoms with Crippen molar-refractivity contribution >= 4 is 23.6 Å². The number of benzene rings is 1. The molecule has 0 aliphatic heterocycles. The molecule has 0 spiro atoms. The molecule has 0 radical (unpaired) electrons. The van der Waals surface area contributed by atoms with Gasteiger partial charge in [-0.1, -0.05) is 18.2 Å². The summed E-state index contributed by atoms with van der Waals surface area (Å²) in [6.07, 6.45) is 2.35. The molecule has 0 atom stereocenters. The van der Waals surface area contributed by atoms with E-state index in [1.807, 2.05) is 0 Å². The molecule has 1 aromatic carbocycles. The first kappa shape index (κ1) is 13.9. The van der Waals surface area contributed by atoms with Gasteiger partial charge in [-0.15, -0.1) is 0 Å². The number of carboxylic acids is 1. The Kier molecular flexibility index (Phi) is 4.23. The van der Waals surface area contributed by atoms with Gasteiger partial charge in [0, 0.05) is 5.69 Å². The standard InChI is InChI=1S/C13H16N2O3/c1-13(2,14)12(18)15-10-6-3-9(4-7-10)5-8-11(16)17/h3-8H,14H2,1-2H3,(H,15,18)(H,16,17)/p-1/b8-5+. The molecule has 0 aliphatic rings. The number of carboxylic acid groups (broad SMARTS) is 1. The van der Waals surface area contributed by atoms with Crippen LogP contribution in [-0.2, 0) is 9.59 Å². The van der Waals surface area contributed by atoms with Crippen molar-refractivity contribution in [2.24, 2.45) is 5.73 Å². The van der Waals surface area contributed by atoms with Crippen LogP contribution in [0, 0.1) is 0 Å². The summed E-state index contributed by atoms with van der Waals surface area (Å²) in [6, 6.07) is 6.69. The lowest BCUT2D eigenvalue weighted by Crippen LogP contribution is -2.45. The summed E-state index contributed by atoms with van der Waals surface area (Å²) in [7, 11) is 0. The van der Waals surface area contributed by atoms with Gasteiger partial charge in [-0.25, -0.2) is 0 Å². The number of hydrogen-bond acceptors (Lipinski definition) is 4. The van der Waals surface area contributed by atoms with Crippen LogP contribution in [0.4, 0.5) is 5.69 Å². The molecule has 3 N–H and O–H groups in total. The van der Waals surface area contributed by atoms with Crippen molar-refractivity contribution < 1.29 is 14.7 Å². The van der Waals surface area contributed by atoms with E-state index in [1.165, 1.54) is 6.08 Å². The minimum absolute atomic E-state index is 0.291. The quantitative estimate of drug-likeness (QED) is 0.739. The van der Waals surface area contributed by atoms with Gasteiger partial charge >= 0.3 is 0 Å². The lowest BCUT2D eigenvalue weighted by Gasteiger charge is -2.17. The van der Waals surface area contributed by atoms with Gasteiger partial charge in [0.2, 0.25) is 5.91 Å². The van der Waals surface area contributed by atoms with Crippen LogP contribution in [0.5, 0.6) is 0 Å². The van der Waals surface area contributed by atoms with E-state index in [0.717, 1.165) is 6.08 Å². The maximum absolute atomic E-state index is 11.6. The van der Waals surface area contributed by atoms with Crippen molar-refractivity contribution in [2.75, 3.05) is 5.32 Å². The number of hydrogen-bond donors (Lipinski definition) is 2. The molecule has 1 aromatic rings. The van der Waals surface area contributed by atoms with E-state index in [9.17, 15) is 14.7 Å². The first-order valence-electron chi connectivity index (χ1n) is 5.38. The first-order chi connectivity index (χ1) is 8.29. The van der Waals surface area contributed by atoms with Gasteiger partial charge in [0.15, 0.2) is 0 Å². The van der Waals surface area contributed by atoms with Gasteiger partial charge < -0.3 is 21.0 Å². The third-order valence-corrected chi connectivity index (χ3v) is 2.17. The fourth-order valence-corrected chi connectivity index (χ4v) is 1.13. The number of anilines is 1. The summed E-state index contributed by atoms with van der Waals surface area (Å²) in [5.41, 5.74) is 5.99. The van der Waals surface area contributed by atoms with Gasteiger partial charge in [-0.3, -0.25) is 4.79 Å². The molecule has 0 unspecified atom stereocenters. The molecule has 0 heterocycles. The van der Waals surface area contributed by atoms with Crippen LogP contribution in [0.25, 0.3) is 6.08 Å². The number of carbonyl (C=O) groups is 2. The van der Waals surface area contributed by atoms with Crippen LogP contribution in [0.3, 0.4) is 0 Å². The number of rotatable bonds is 4. The number of aliphatic carboxylic acids is 1. The van der Waals surface area contributed by atoms with Crippen molar-refractivity contribution in [1.29, 1.82) is 0 Å². The van der Waals surface area contributed by atoms with Crippen LogP contribution in [0.15, 0.2) is 30.3 Å². The van der Waals surface area contributed by atoms with E-state index < -0.39 is 11.5 Å². The predicted molar refractivity (Wildman–Crippen MR) is 67.4 cm³/mol. The predicted octanol–water partition coefficient (Wildman–Crippen LogP) is 0.125. The van der Waals surface area contributed by atoms with Gasteiger partial charge in [0.1, 0.15) is 0 Å². The van der Waals surface area contributed by atoms with Crippen molar-refractivity contribution in [1.82, 2.24) is 0 Å². The molecular formula is C13H15N2O3-. The Labute approximate surface area is 105 Å². The fourth-order valence-electron chi connectivity index (χ4n) is 1.13. The minimum atomic E-state index is -1.25. The summed E-state index contributed by atoms with van der Waals surface area (Å²) in [6.45, 7) is 3.22. The zero-order valence-corrected chi connectivity index (χ0v) is 10.3. The molecule has 1 amide bonds. The van der Waals surface area contributed by atoms with E-state index in [0.29, 0.717) is 11.3 Å². The van der Waals surface area contributed by atoms with Crippen LogP contribution in [0.1, 0.15) is 19.4 Å². The highest BCUT2D eigenvalue weighted by Crippen LogP contribution is 2.12. The molecule has 0 saturated carbocycles. The Morgan fingerprint density at radius 1 is 1.28 bits per heavy atom. The Hall–Kier alpha value is -2.14. The maximum Gasteiger partial charge on any atom is 0.243 e. The van der Waals surface area contributed by atoms with Gasteiger partial charge in [-0.2, -0.15) is 0 Å². The second-order valence-electron chi connectivity index (χ2n) is 4.45. The van der Waals surface area contributed by atoms with Gasteiger partial charge in [0.25, 0.3) is 0 Å². The second kappa shape index (κ2) is 5.46. The third kappa shape index (κ3) is 4.39. The van der Waals surface area contributed by atoms with Crippen molar-refractivity contribution in [3.63, 3.8) is 0 Å². The summed E-state index contributed by atoms with van der Waals surface area (Å²) < 4.78 is 0. The smallest absolute Gasteiger partial charge is 0.243 e. The molecule has 0 fully saturated rings. The minimum Gasteiger partial charge on any atom is -0.545 e. The number of carbonyl (C=O) groups excluding carboxylic acids is 2. The van der Waals surface area contributed by atoms with Gasteiger partial charge in [-0.05, 0) is 37.6 Å². The monoisotopic (exact) mass is 247 g/mol. The average Bonchev–Trinajstić information content (AvgIpc) is 2.26. The Bertz CT molecular complexity index is 470. The summed E-state index contributed by atoms with van der Waals surface area (Å²) in [5.74, 6) is -1.54. The molecule has 5 heteroatoms. The van der Waals surface area contributed by atoms with Crippen molar-refractivity contribution in [3.8, 4) is 0 Å². The molecule has 0 aromatic heterocycles. The maximum atomic E-state index is 11.6. The molecule has 0 saturated heterocycles. The third-order valence-electron chi connectivity index (χ3n) is 2.17. The zero-order valence-electron chi connectivity index (χ0n) is 10.3. The Morgan fingerprint density at radius 2 is 1.83 bits per heavy atom. The highest BCUT2D eigenvalue weighted by Gasteiger charge is 2.21. The van der Waals surface area contributed by atoms with E-state index in [4.69, 9.17) is 5.73 Å². The largest absolute Gasteiger partial charge is 0.545 e. The number of nitrogens with one attached hydrogen (secondary N) is 1. The average molecular weight is 247 g/mol. The lowest BCUT2D eigenvalue weighted by molar-refractivity contribution is -0.297. The Balaban J connectivity index is 2.72. The van der Waals surface area contributed by atoms with Crippen LogP contribution in [0.2, 0.25) is 0 Å². The van der Waals surface area contributed by atoms with E-state index in [2.05, 4.69) is 5.32 Å². The fraction of sp³-hybridized carbons (Fsp3) is 0.231. The normalized spacial score (nSPS) is 11.5. The Morgan fingerprint density at radius 3 is 2.28 bits per heavy atom. The van der Waals surface area contributed by atoms with E-state index in [1.54, 1.807) is 38.1 Å². The molecule has 18 heavy (non-hydrogen) atoms. The highest BCUT2D eigenvalue weighted by atomic mass is 16.4. The SMILES string of the molecule is CC(C)(N)C(=O)Nc1ccc(/C=C/C(=O)[O-])cc1. The highest BCUT2D eigenvalue weighted by molar-refractivity contribution is 5.97. The molecule has 5 nitrogen and oxygen atoms in total. The van der Waals surface area contributed by atoms with Crippen LogP contribution in [-0.4, -0.2) is 17.4 Å². The molecule has 96 valence electrons. The molecule has 1 rings (SSSR count). The summed E-state index contributed by atoms with van der Waals surface area (Å²) in [4.78, 5) is 21.8. The van der Waals surface area contributed by atoms with Crippen LogP contribution >= 0.6 is 0 Å². The van der Waals surface area contributed by atoms with E-state index in [-0.39, 0.29) is 5.91 Å². The zero-order chi connectivity index (χ0) is 13.8. The van der Waals surface area contributed by atoms with Crippen molar-refractivity contribution in [3.05, 3.63) is 35.9 Å². The summed E-state index contributed by atoms with van der Waals surface area (Å²) in [5, 5.41) is 12.9. The summed E-state index contributed by atoms with van der Waals surface area (Å²) >= 11 is 0. The number of nitrogens with two attached hydrogens (primary N) is 1. The first-order valence-corrected chi connectivity index (χ1v) is 5.38. The van der Waals surface area contributed by atoms with Crippen molar-refractivity contribution in [2.45, 2.75) is 19.4 Å². The van der Waals surface area contributed by atoms with Gasteiger partial charge in [0.05, 0.1) is 11.5 Å². The molecule has 0 bridgehead atoms. The second-order valence-corrected chi connectivity index (χ2v) is 4.45. The van der Waals surface area contributed by atoms with E-state index >= 15 is 0 Å². The molecule has 0 aliphatic carbocycles. The lowest BCUT2D eigenvalue weighted by atomic mass is 10.1. The topological polar surface area (TPSA) is 95.2 Å². The van der Waals surface area contributed by atoms with Crippen LogP contribution < -0.4 is 16.2 Å². The number of amides is 1.